The molecule has 0 aliphatic carbocycles. The molecule has 0 saturated carbocycles. The highest BCUT2D eigenvalue weighted by atomic mass is 79.9. The standard InChI is InChI=1S/C12H14BrClN2/c1-2-3-6-16-12(8-15)10-7-9(14)4-5-11(10)13/h4-5,7,12,16H,6,8,15H2,1H3. The zero-order valence-electron chi connectivity index (χ0n) is 9.06. The SMILES string of the molecule is CC#CCNC(CN)c1cc(Cl)ccc1Br. The first-order chi connectivity index (χ1) is 7.69. The molecular weight excluding hydrogens is 288 g/mol. The van der Waals surface area contributed by atoms with Crippen LogP contribution in [0.5, 0.6) is 0 Å². The number of nitrogens with two attached hydrogens (primary N) is 1. The maximum absolute atomic E-state index is 5.96. The summed E-state index contributed by atoms with van der Waals surface area (Å²) in [4.78, 5) is 0. The van der Waals surface area contributed by atoms with Crippen LogP contribution in [0.15, 0.2) is 22.7 Å². The van der Waals surface area contributed by atoms with Crippen molar-refractivity contribution >= 4 is 27.5 Å². The van der Waals surface area contributed by atoms with Crippen LogP contribution in [-0.2, 0) is 0 Å². The van der Waals surface area contributed by atoms with E-state index in [1.54, 1.807) is 0 Å². The molecule has 0 aliphatic heterocycles. The topological polar surface area (TPSA) is 38.0 Å². The molecule has 16 heavy (non-hydrogen) atoms. The van der Waals surface area contributed by atoms with Gasteiger partial charge < -0.3 is 5.73 Å². The average Bonchev–Trinajstić information content (AvgIpc) is 2.28. The quantitative estimate of drug-likeness (QED) is 0.839. The largest absolute Gasteiger partial charge is 0.329 e. The highest BCUT2D eigenvalue weighted by molar-refractivity contribution is 9.10. The van der Waals surface area contributed by atoms with Gasteiger partial charge in [-0.1, -0.05) is 33.5 Å². The van der Waals surface area contributed by atoms with Gasteiger partial charge in [0, 0.05) is 22.1 Å². The van der Waals surface area contributed by atoms with E-state index in [2.05, 4.69) is 33.1 Å². The Labute approximate surface area is 110 Å². The fourth-order valence-corrected chi connectivity index (χ4v) is 2.07. The Morgan fingerprint density at radius 2 is 2.31 bits per heavy atom. The Hall–Kier alpha value is -0.530. The van der Waals surface area contributed by atoms with Crippen LogP contribution in [0.25, 0.3) is 0 Å². The van der Waals surface area contributed by atoms with Crippen LogP contribution in [0.4, 0.5) is 0 Å². The van der Waals surface area contributed by atoms with Crippen molar-refractivity contribution in [3.8, 4) is 11.8 Å². The van der Waals surface area contributed by atoms with E-state index >= 15 is 0 Å². The van der Waals surface area contributed by atoms with Crippen molar-refractivity contribution in [3.05, 3.63) is 33.3 Å². The number of benzene rings is 1. The van der Waals surface area contributed by atoms with Gasteiger partial charge in [0.25, 0.3) is 0 Å². The predicted molar refractivity (Wildman–Crippen MR) is 72.4 cm³/mol. The van der Waals surface area contributed by atoms with Crippen molar-refractivity contribution in [2.75, 3.05) is 13.1 Å². The molecule has 0 aromatic heterocycles. The molecule has 0 fully saturated rings. The van der Waals surface area contributed by atoms with Crippen molar-refractivity contribution in [1.82, 2.24) is 5.32 Å². The fourth-order valence-electron chi connectivity index (χ4n) is 1.36. The number of nitrogens with one attached hydrogen (secondary N) is 1. The Balaban J connectivity index is 2.84. The van der Waals surface area contributed by atoms with Crippen LogP contribution < -0.4 is 11.1 Å². The molecule has 86 valence electrons. The van der Waals surface area contributed by atoms with Crippen molar-refractivity contribution in [2.45, 2.75) is 13.0 Å². The fraction of sp³-hybridized carbons (Fsp3) is 0.333. The van der Waals surface area contributed by atoms with Crippen LogP contribution in [0.3, 0.4) is 0 Å². The summed E-state index contributed by atoms with van der Waals surface area (Å²) in [6.45, 7) is 2.94. The molecule has 2 nitrogen and oxygen atoms in total. The van der Waals surface area contributed by atoms with Gasteiger partial charge in [0.1, 0.15) is 0 Å². The first kappa shape index (κ1) is 13.5. The molecule has 1 rings (SSSR count). The molecule has 0 heterocycles. The van der Waals surface area contributed by atoms with Crippen LogP contribution in [-0.4, -0.2) is 13.1 Å². The number of hydrogen-bond acceptors (Lipinski definition) is 2. The van der Waals surface area contributed by atoms with Gasteiger partial charge in [-0.25, -0.2) is 0 Å². The highest BCUT2D eigenvalue weighted by Gasteiger charge is 2.12. The summed E-state index contributed by atoms with van der Waals surface area (Å²) < 4.78 is 1.00. The Morgan fingerprint density at radius 3 is 2.94 bits per heavy atom. The summed E-state index contributed by atoms with van der Waals surface area (Å²) in [6.07, 6.45) is 0. The zero-order chi connectivity index (χ0) is 12.0. The predicted octanol–water partition coefficient (Wildman–Crippen LogP) is 2.72. The van der Waals surface area contributed by atoms with Gasteiger partial charge in [0.15, 0.2) is 0 Å². The minimum atomic E-state index is 0.0638. The molecule has 1 atom stereocenters. The van der Waals surface area contributed by atoms with Crippen molar-refractivity contribution in [3.63, 3.8) is 0 Å². The number of rotatable bonds is 4. The molecule has 1 aromatic carbocycles. The monoisotopic (exact) mass is 300 g/mol. The molecule has 0 spiro atoms. The van der Waals surface area contributed by atoms with E-state index in [4.69, 9.17) is 17.3 Å². The molecule has 1 unspecified atom stereocenters. The molecule has 0 radical (unpaired) electrons. The maximum Gasteiger partial charge on any atom is 0.0581 e. The molecule has 0 aliphatic rings. The van der Waals surface area contributed by atoms with Gasteiger partial charge >= 0.3 is 0 Å². The van der Waals surface area contributed by atoms with E-state index in [9.17, 15) is 0 Å². The zero-order valence-corrected chi connectivity index (χ0v) is 11.4. The lowest BCUT2D eigenvalue weighted by molar-refractivity contribution is 0.580. The summed E-state index contributed by atoms with van der Waals surface area (Å²) in [5.74, 6) is 5.79. The van der Waals surface area contributed by atoms with Gasteiger partial charge in [-0.05, 0) is 30.7 Å². The van der Waals surface area contributed by atoms with E-state index in [0.29, 0.717) is 18.1 Å². The minimum absolute atomic E-state index is 0.0638. The Bertz CT molecular complexity index is 409. The third-order valence-corrected chi connectivity index (χ3v) is 3.14. The molecule has 0 saturated heterocycles. The lowest BCUT2D eigenvalue weighted by atomic mass is 10.1. The van der Waals surface area contributed by atoms with E-state index in [1.807, 2.05) is 25.1 Å². The summed E-state index contributed by atoms with van der Waals surface area (Å²) in [7, 11) is 0. The van der Waals surface area contributed by atoms with Gasteiger partial charge in [0.05, 0.1) is 6.54 Å². The highest BCUT2D eigenvalue weighted by Crippen LogP contribution is 2.26. The van der Waals surface area contributed by atoms with E-state index in [1.165, 1.54) is 0 Å². The van der Waals surface area contributed by atoms with Gasteiger partial charge in [-0.2, -0.15) is 0 Å². The van der Waals surface area contributed by atoms with E-state index in [0.717, 1.165) is 10.0 Å². The van der Waals surface area contributed by atoms with Gasteiger partial charge in [-0.15, -0.1) is 5.92 Å². The van der Waals surface area contributed by atoms with Crippen molar-refractivity contribution in [2.24, 2.45) is 5.73 Å². The molecular formula is C12H14BrClN2. The molecule has 3 N–H and O–H groups in total. The molecule has 0 bridgehead atoms. The molecule has 4 heteroatoms. The average molecular weight is 302 g/mol. The number of hydrogen-bond donors (Lipinski definition) is 2. The second-order valence-electron chi connectivity index (χ2n) is 3.26. The van der Waals surface area contributed by atoms with Crippen molar-refractivity contribution < 1.29 is 0 Å². The third kappa shape index (κ3) is 3.80. The van der Waals surface area contributed by atoms with Crippen LogP contribution in [0.1, 0.15) is 18.5 Å². The minimum Gasteiger partial charge on any atom is -0.329 e. The van der Waals surface area contributed by atoms with Crippen LogP contribution >= 0.6 is 27.5 Å². The first-order valence-electron chi connectivity index (χ1n) is 4.97. The maximum atomic E-state index is 5.96. The van der Waals surface area contributed by atoms with Gasteiger partial charge in [0.2, 0.25) is 0 Å². The van der Waals surface area contributed by atoms with Crippen molar-refractivity contribution in [1.29, 1.82) is 0 Å². The number of halogens is 2. The Morgan fingerprint density at radius 1 is 1.56 bits per heavy atom. The molecule has 1 aromatic rings. The molecule has 0 amide bonds. The second-order valence-corrected chi connectivity index (χ2v) is 4.55. The van der Waals surface area contributed by atoms with E-state index < -0.39 is 0 Å². The second kappa shape index (κ2) is 6.93. The third-order valence-electron chi connectivity index (χ3n) is 2.18. The lowest BCUT2D eigenvalue weighted by Crippen LogP contribution is -2.28. The lowest BCUT2D eigenvalue weighted by Gasteiger charge is -2.17. The first-order valence-corrected chi connectivity index (χ1v) is 6.14. The van der Waals surface area contributed by atoms with Crippen LogP contribution in [0.2, 0.25) is 5.02 Å². The summed E-state index contributed by atoms with van der Waals surface area (Å²) in [6, 6.07) is 5.74. The Kier molecular flexibility index (Phi) is 5.86. The van der Waals surface area contributed by atoms with E-state index in [-0.39, 0.29) is 6.04 Å². The van der Waals surface area contributed by atoms with Crippen LogP contribution in [0, 0.1) is 11.8 Å². The summed E-state index contributed by atoms with van der Waals surface area (Å²) in [5, 5.41) is 3.98. The summed E-state index contributed by atoms with van der Waals surface area (Å²) in [5.41, 5.74) is 6.79. The normalized spacial score (nSPS) is 11.8. The summed E-state index contributed by atoms with van der Waals surface area (Å²) >= 11 is 9.45. The van der Waals surface area contributed by atoms with Gasteiger partial charge in [-0.3, -0.25) is 5.32 Å². The smallest absolute Gasteiger partial charge is 0.0581 e.